The van der Waals surface area contributed by atoms with Crippen LogP contribution in [0.3, 0.4) is 0 Å². The van der Waals surface area contributed by atoms with Crippen LogP contribution in [0.4, 0.5) is 5.69 Å². The van der Waals surface area contributed by atoms with E-state index >= 15 is 0 Å². The second-order valence-electron chi connectivity index (χ2n) is 8.75. The number of likely N-dealkylation sites (N-methyl/N-ethyl adjacent to an activating group) is 1. The molecule has 176 valence electrons. The molecule has 1 aliphatic heterocycles. The van der Waals surface area contributed by atoms with E-state index in [1.54, 1.807) is 25.6 Å². The van der Waals surface area contributed by atoms with Gasteiger partial charge in [0.05, 0.1) is 18.9 Å². The summed E-state index contributed by atoms with van der Waals surface area (Å²) in [6.07, 6.45) is 5.57. The first-order chi connectivity index (χ1) is 16.3. The molecule has 0 saturated heterocycles. The van der Waals surface area contributed by atoms with Gasteiger partial charge in [-0.25, -0.2) is 5.43 Å². The Morgan fingerprint density at radius 1 is 1.21 bits per heavy atom. The molecule has 1 N–H and O–H groups in total. The summed E-state index contributed by atoms with van der Waals surface area (Å²) in [6, 6.07) is 13.5. The molecule has 1 amide bonds. The second-order valence-corrected chi connectivity index (χ2v) is 8.75. The minimum atomic E-state index is -0.365. The minimum Gasteiger partial charge on any atom is -0.496 e. The van der Waals surface area contributed by atoms with Crippen molar-refractivity contribution in [3.05, 3.63) is 65.9 Å². The van der Waals surface area contributed by atoms with E-state index in [-0.39, 0.29) is 18.1 Å². The number of nitrogens with zero attached hydrogens (tertiary/aromatic N) is 3. The summed E-state index contributed by atoms with van der Waals surface area (Å²) >= 11 is 0. The maximum atomic E-state index is 12.3. The number of fused-ring (bicyclic) bond motifs is 2. The summed E-state index contributed by atoms with van der Waals surface area (Å²) < 4.78 is 11.3. The van der Waals surface area contributed by atoms with E-state index in [1.807, 2.05) is 36.4 Å². The van der Waals surface area contributed by atoms with Crippen LogP contribution in [0, 0.1) is 0 Å². The number of hydrogen-bond acceptors (Lipinski definition) is 6. The number of carbonyl (C=O) groups is 1. The number of anilines is 1. The summed E-state index contributed by atoms with van der Waals surface area (Å²) in [5, 5.41) is 5.08. The average molecular weight is 459 g/mol. The molecule has 4 rings (SSSR count). The van der Waals surface area contributed by atoms with Gasteiger partial charge in [0.2, 0.25) is 0 Å². The van der Waals surface area contributed by atoms with Crippen molar-refractivity contribution in [2.75, 3.05) is 25.2 Å². The fourth-order valence-electron chi connectivity index (χ4n) is 4.52. The number of hydrazone groups is 1. The molecule has 0 atom stereocenters. The molecule has 2 heterocycles. The van der Waals surface area contributed by atoms with Crippen LogP contribution in [-0.4, -0.2) is 42.9 Å². The molecule has 1 aliphatic rings. The highest BCUT2D eigenvalue weighted by Gasteiger charge is 2.31. The third kappa shape index (κ3) is 4.59. The monoisotopic (exact) mass is 458 g/mol. The third-order valence-electron chi connectivity index (χ3n) is 5.99. The van der Waals surface area contributed by atoms with Gasteiger partial charge in [0.15, 0.2) is 6.61 Å². The lowest BCUT2D eigenvalue weighted by Gasteiger charge is -2.43. The molecular formula is C27H30N4O3. The lowest BCUT2D eigenvalue weighted by molar-refractivity contribution is -0.123. The van der Waals surface area contributed by atoms with E-state index in [1.165, 1.54) is 5.57 Å². The number of allylic oxidation sites excluding steroid dienone is 1. The molecule has 0 unspecified atom stereocenters. The van der Waals surface area contributed by atoms with Gasteiger partial charge in [-0.05, 0) is 51.5 Å². The van der Waals surface area contributed by atoms with Crippen molar-refractivity contribution in [1.29, 1.82) is 0 Å². The number of carbonyl (C=O) groups excluding carboxylic acids is 1. The van der Waals surface area contributed by atoms with Crippen molar-refractivity contribution < 1.29 is 14.3 Å². The zero-order valence-electron chi connectivity index (χ0n) is 20.3. The van der Waals surface area contributed by atoms with E-state index < -0.39 is 0 Å². The summed E-state index contributed by atoms with van der Waals surface area (Å²) in [6.45, 7) is 9.38. The van der Waals surface area contributed by atoms with Gasteiger partial charge in [-0.3, -0.25) is 9.78 Å². The Labute approximate surface area is 200 Å². The predicted molar refractivity (Wildman–Crippen MR) is 137 cm³/mol. The van der Waals surface area contributed by atoms with Gasteiger partial charge >= 0.3 is 0 Å². The van der Waals surface area contributed by atoms with Crippen LogP contribution >= 0.6 is 0 Å². The zero-order valence-corrected chi connectivity index (χ0v) is 20.3. The van der Waals surface area contributed by atoms with Crippen LogP contribution in [0.2, 0.25) is 0 Å². The average Bonchev–Trinajstić information content (AvgIpc) is 2.82. The molecular weight excluding hydrogens is 428 g/mol. The maximum Gasteiger partial charge on any atom is 0.277 e. The number of para-hydroxylation sites is 1. The van der Waals surface area contributed by atoms with Gasteiger partial charge in [0.25, 0.3) is 5.91 Å². The molecule has 34 heavy (non-hydrogen) atoms. The molecule has 0 fully saturated rings. The Morgan fingerprint density at radius 3 is 2.76 bits per heavy atom. The molecule has 0 bridgehead atoms. The number of nitrogens with one attached hydrogen (secondary N) is 1. The molecule has 0 spiro atoms. The normalized spacial score (nSPS) is 14.6. The molecule has 2 aromatic carbocycles. The van der Waals surface area contributed by atoms with Gasteiger partial charge in [-0.1, -0.05) is 24.3 Å². The van der Waals surface area contributed by atoms with Gasteiger partial charge < -0.3 is 14.4 Å². The first-order valence-electron chi connectivity index (χ1n) is 11.3. The number of amides is 1. The first kappa shape index (κ1) is 23.3. The lowest BCUT2D eigenvalue weighted by Crippen LogP contribution is -2.44. The predicted octanol–water partition coefficient (Wildman–Crippen LogP) is 4.79. The molecule has 7 nitrogen and oxygen atoms in total. The number of hydrogen-bond donors (Lipinski definition) is 1. The van der Waals surface area contributed by atoms with E-state index in [2.05, 4.69) is 54.2 Å². The standard InChI is InChI=1S/C27H30N4O3/c1-6-31-22-14-24(33-5)20(13-21(22)18(2)15-27(31,3)4)16-29-30-25(32)17-34-23-11-7-9-19-10-8-12-28-26(19)23/h7-16H,6,17H2,1-5H3,(H,30,32)/b29-16-. The molecule has 1 aromatic heterocycles. The van der Waals surface area contributed by atoms with Crippen LogP contribution in [-0.2, 0) is 4.79 Å². The second kappa shape index (κ2) is 9.55. The van der Waals surface area contributed by atoms with E-state index in [0.29, 0.717) is 17.0 Å². The van der Waals surface area contributed by atoms with Gasteiger partial charge in [0.1, 0.15) is 17.0 Å². The molecule has 0 radical (unpaired) electrons. The van der Waals surface area contributed by atoms with E-state index in [9.17, 15) is 4.79 Å². The van der Waals surface area contributed by atoms with E-state index in [4.69, 9.17) is 9.47 Å². The number of aromatic nitrogens is 1. The number of methoxy groups -OCH3 is 1. The Morgan fingerprint density at radius 2 is 2.00 bits per heavy atom. The Hall–Kier alpha value is -3.87. The lowest BCUT2D eigenvalue weighted by atomic mass is 9.88. The van der Waals surface area contributed by atoms with Crippen LogP contribution in [0.25, 0.3) is 16.5 Å². The Kier molecular flexibility index (Phi) is 6.54. The number of rotatable bonds is 7. The summed E-state index contributed by atoms with van der Waals surface area (Å²) in [4.78, 5) is 19.0. The van der Waals surface area contributed by atoms with Crippen LogP contribution in [0.15, 0.2) is 59.8 Å². The minimum absolute atomic E-state index is 0.0833. The van der Waals surface area contributed by atoms with Crippen molar-refractivity contribution in [3.8, 4) is 11.5 Å². The highest BCUT2D eigenvalue weighted by Crippen LogP contribution is 2.41. The van der Waals surface area contributed by atoms with Crippen LogP contribution in [0.1, 0.15) is 38.8 Å². The number of ether oxygens (including phenoxy) is 2. The molecule has 3 aromatic rings. The van der Waals surface area contributed by atoms with Crippen molar-refractivity contribution >= 4 is 34.3 Å². The zero-order chi connectivity index (χ0) is 24.3. The fourth-order valence-corrected chi connectivity index (χ4v) is 4.52. The summed E-state index contributed by atoms with van der Waals surface area (Å²) in [7, 11) is 1.64. The smallest absolute Gasteiger partial charge is 0.277 e. The highest BCUT2D eigenvalue weighted by molar-refractivity contribution is 5.92. The van der Waals surface area contributed by atoms with Gasteiger partial charge in [-0.15, -0.1) is 0 Å². The quantitative estimate of drug-likeness (QED) is 0.407. The summed E-state index contributed by atoms with van der Waals surface area (Å²) in [5.41, 5.74) is 7.39. The van der Waals surface area contributed by atoms with Crippen molar-refractivity contribution in [2.45, 2.75) is 33.2 Å². The summed E-state index contributed by atoms with van der Waals surface area (Å²) in [5.74, 6) is 0.883. The SMILES string of the molecule is CCN1c2cc(OC)c(/C=N\NC(=O)COc3cccc4cccnc34)cc2C(C)=CC1(C)C. The fraction of sp³-hybridized carbons (Fsp3) is 0.296. The largest absolute Gasteiger partial charge is 0.496 e. The molecule has 0 aliphatic carbocycles. The van der Waals surface area contributed by atoms with Gasteiger partial charge in [0, 0.05) is 41.0 Å². The Bertz CT molecular complexity index is 1270. The van der Waals surface area contributed by atoms with Crippen molar-refractivity contribution in [1.82, 2.24) is 10.4 Å². The van der Waals surface area contributed by atoms with Crippen molar-refractivity contribution in [2.24, 2.45) is 5.10 Å². The number of benzene rings is 2. The van der Waals surface area contributed by atoms with Crippen LogP contribution in [0.5, 0.6) is 11.5 Å². The topological polar surface area (TPSA) is 76.0 Å². The molecule has 0 saturated carbocycles. The highest BCUT2D eigenvalue weighted by atomic mass is 16.5. The van der Waals surface area contributed by atoms with Gasteiger partial charge in [-0.2, -0.15) is 5.10 Å². The Balaban J connectivity index is 1.47. The molecule has 7 heteroatoms. The third-order valence-corrected chi connectivity index (χ3v) is 5.99. The number of pyridine rings is 1. The van der Waals surface area contributed by atoms with Crippen molar-refractivity contribution in [3.63, 3.8) is 0 Å². The van der Waals surface area contributed by atoms with E-state index in [0.717, 1.165) is 28.7 Å². The van der Waals surface area contributed by atoms with Crippen LogP contribution < -0.4 is 19.8 Å². The maximum absolute atomic E-state index is 12.3. The first-order valence-corrected chi connectivity index (χ1v) is 11.3.